The van der Waals surface area contributed by atoms with Gasteiger partial charge in [-0.2, -0.15) is 0 Å². The first kappa shape index (κ1) is 13.5. The second-order valence-electron chi connectivity index (χ2n) is 4.78. The van der Waals surface area contributed by atoms with Gasteiger partial charge in [0.15, 0.2) is 0 Å². The molecule has 0 aromatic heterocycles. The van der Waals surface area contributed by atoms with Gasteiger partial charge in [0.05, 0.1) is 6.54 Å². The molecule has 2 rings (SSSR count). The van der Waals surface area contributed by atoms with Gasteiger partial charge >= 0.3 is 0 Å². The van der Waals surface area contributed by atoms with E-state index in [9.17, 15) is 9.18 Å². The third kappa shape index (κ3) is 4.07. The fraction of sp³-hybridized carbons (Fsp3) is 0.462. The maximum absolute atomic E-state index is 13.4. The maximum atomic E-state index is 13.4. The zero-order valence-corrected chi connectivity index (χ0v) is 11.5. The normalized spacial score (nSPS) is 16.6. The summed E-state index contributed by atoms with van der Waals surface area (Å²) in [5.74, 6) is 0.00438. The molecule has 1 aromatic rings. The van der Waals surface area contributed by atoms with Gasteiger partial charge in [0, 0.05) is 10.5 Å². The summed E-state index contributed by atoms with van der Waals surface area (Å²) in [6.45, 7) is 0.117. The number of nitrogens with two attached hydrogens (primary N) is 1. The third-order valence-electron chi connectivity index (χ3n) is 3.08. The summed E-state index contributed by atoms with van der Waals surface area (Å²) in [7, 11) is 0. The van der Waals surface area contributed by atoms with Gasteiger partial charge in [-0.25, -0.2) is 4.39 Å². The van der Waals surface area contributed by atoms with Crippen molar-refractivity contribution in [2.24, 2.45) is 11.7 Å². The Bertz CT molecular complexity index is 428. The standard InChI is InChI=1S/C13H16BrFN2O/c14-10-4-9(5-11(15)6-10)12(3-8-1-2-8)17-7-13(16)18/h4-6,8,12,17H,1-3,7H2,(H2,16,18)/t12-/m0/s1. The van der Waals surface area contributed by atoms with Crippen molar-refractivity contribution in [1.29, 1.82) is 0 Å². The Morgan fingerprint density at radius 2 is 2.22 bits per heavy atom. The first-order valence-electron chi connectivity index (χ1n) is 6.02. The summed E-state index contributed by atoms with van der Waals surface area (Å²) in [5, 5.41) is 3.10. The Labute approximate surface area is 114 Å². The molecule has 1 amide bonds. The fourth-order valence-electron chi connectivity index (χ4n) is 2.02. The second-order valence-corrected chi connectivity index (χ2v) is 5.70. The molecule has 0 saturated heterocycles. The number of rotatable bonds is 6. The second kappa shape index (κ2) is 5.80. The first-order chi connectivity index (χ1) is 8.54. The van der Waals surface area contributed by atoms with Gasteiger partial charge in [-0.15, -0.1) is 0 Å². The Hall–Kier alpha value is -0.940. The molecule has 98 valence electrons. The van der Waals surface area contributed by atoms with Crippen LogP contribution in [-0.2, 0) is 4.79 Å². The molecule has 0 spiro atoms. The van der Waals surface area contributed by atoms with Crippen molar-refractivity contribution in [1.82, 2.24) is 5.32 Å². The van der Waals surface area contributed by atoms with Crippen LogP contribution in [0.5, 0.6) is 0 Å². The highest BCUT2D eigenvalue weighted by Gasteiger charge is 2.26. The molecule has 0 aliphatic heterocycles. The van der Waals surface area contributed by atoms with Gasteiger partial charge in [0.1, 0.15) is 5.82 Å². The average molecular weight is 315 g/mol. The Balaban J connectivity index is 2.12. The van der Waals surface area contributed by atoms with Crippen LogP contribution in [0, 0.1) is 11.7 Å². The van der Waals surface area contributed by atoms with Crippen molar-refractivity contribution in [3.8, 4) is 0 Å². The van der Waals surface area contributed by atoms with Gasteiger partial charge in [0.2, 0.25) is 5.91 Å². The summed E-state index contributed by atoms with van der Waals surface area (Å²) in [4.78, 5) is 10.8. The Morgan fingerprint density at radius 3 is 2.78 bits per heavy atom. The van der Waals surface area contributed by atoms with Crippen LogP contribution < -0.4 is 11.1 Å². The first-order valence-corrected chi connectivity index (χ1v) is 6.81. The SMILES string of the molecule is NC(=O)CN[C@@H](CC1CC1)c1cc(F)cc(Br)c1. The molecule has 3 nitrogen and oxygen atoms in total. The zero-order valence-electron chi connectivity index (χ0n) is 9.96. The fourth-order valence-corrected chi connectivity index (χ4v) is 2.51. The quantitative estimate of drug-likeness (QED) is 0.847. The minimum atomic E-state index is -0.397. The van der Waals surface area contributed by atoms with Crippen molar-refractivity contribution in [3.05, 3.63) is 34.1 Å². The van der Waals surface area contributed by atoms with Crippen LogP contribution >= 0.6 is 15.9 Å². The van der Waals surface area contributed by atoms with E-state index in [1.54, 1.807) is 0 Å². The molecule has 0 heterocycles. The van der Waals surface area contributed by atoms with Gasteiger partial charge in [-0.1, -0.05) is 28.8 Å². The number of benzene rings is 1. The van der Waals surface area contributed by atoms with Crippen LogP contribution in [0.25, 0.3) is 0 Å². The molecule has 1 saturated carbocycles. The van der Waals surface area contributed by atoms with E-state index in [4.69, 9.17) is 5.73 Å². The predicted octanol–water partition coefficient (Wildman–Crippen LogP) is 2.50. The highest BCUT2D eigenvalue weighted by atomic mass is 79.9. The molecule has 3 N–H and O–H groups in total. The van der Waals surface area contributed by atoms with E-state index in [-0.39, 0.29) is 18.4 Å². The highest BCUT2D eigenvalue weighted by Crippen LogP contribution is 2.38. The summed E-state index contributed by atoms with van der Waals surface area (Å²) in [5.41, 5.74) is 6.00. The van der Waals surface area contributed by atoms with Crippen molar-refractivity contribution >= 4 is 21.8 Å². The minimum absolute atomic E-state index is 0.0167. The summed E-state index contributed by atoms with van der Waals surface area (Å²) >= 11 is 3.28. The topological polar surface area (TPSA) is 55.1 Å². The van der Waals surface area contributed by atoms with Crippen molar-refractivity contribution in [2.75, 3.05) is 6.54 Å². The zero-order chi connectivity index (χ0) is 13.1. The van der Waals surface area contributed by atoms with E-state index in [1.165, 1.54) is 25.0 Å². The monoisotopic (exact) mass is 314 g/mol. The molecular formula is C13H16BrFN2O. The lowest BCUT2D eigenvalue weighted by atomic mass is 10.0. The Morgan fingerprint density at radius 1 is 1.50 bits per heavy atom. The molecule has 1 aliphatic rings. The number of carbonyl (C=O) groups excluding carboxylic acids is 1. The van der Waals surface area contributed by atoms with Crippen LogP contribution in [0.4, 0.5) is 4.39 Å². The van der Waals surface area contributed by atoms with E-state index in [1.807, 2.05) is 6.07 Å². The van der Waals surface area contributed by atoms with Crippen molar-refractivity contribution in [2.45, 2.75) is 25.3 Å². The highest BCUT2D eigenvalue weighted by molar-refractivity contribution is 9.10. The van der Waals surface area contributed by atoms with Gasteiger partial charge < -0.3 is 11.1 Å². The molecule has 0 radical (unpaired) electrons. The molecule has 1 aromatic carbocycles. The van der Waals surface area contributed by atoms with Crippen molar-refractivity contribution in [3.63, 3.8) is 0 Å². The predicted molar refractivity (Wildman–Crippen MR) is 71.4 cm³/mol. The van der Waals surface area contributed by atoms with Crippen LogP contribution in [0.1, 0.15) is 30.9 Å². The van der Waals surface area contributed by atoms with Crippen LogP contribution in [0.2, 0.25) is 0 Å². The van der Waals surface area contributed by atoms with E-state index in [0.717, 1.165) is 12.0 Å². The lowest BCUT2D eigenvalue weighted by Gasteiger charge is -2.18. The van der Waals surface area contributed by atoms with Gasteiger partial charge in [-0.3, -0.25) is 4.79 Å². The number of carbonyl (C=O) groups is 1. The molecule has 1 aliphatic carbocycles. The molecular weight excluding hydrogens is 299 g/mol. The van der Waals surface area contributed by atoms with E-state index >= 15 is 0 Å². The van der Waals surface area contributed by atoms with E-state index in [0.29, 0.717) is 10.4 Å². The van der Waals surface area contributed by atoms with Crippen molar-refractivity contribution < 1.29 is 9.18 Å². The van der Waals surface area contributed by atoms with E-state index in [2.05, 4.69) is 21.2 Å². The lowest BCUT2D eigenvalue weighted by molar-refractivity contribution is -0.117. The lowest BCUT2D eigenvalue weighted by Crippen LogP contribution is -2.32. The molecule has 18 heavy (non-hydrogen) atoms. The number of hydrogen-bond donors (Lipinski definition) is 2. The third-order valence-corrected chi connectivity index (χ3v) is 3.53. The van der Waals surface area contributed by atoms with Crippen LogP contribution in [0.3, 0.4) is 0 Å². The summed E-state index contributed by atoms with van der Waals surface area (Å²) in [6, 6.07) is 4.79. The van der Waals surface area contributed by atoms with Gasteiger partial charge in [0.25, 0.3) is 0 Å². The maximum Gasteiger partial charge on any atom is 0.231 e. The van der Waals surface area contributed by atoms with Gasteiger partial charge in [-0.05, 0) is 36.1 Å². The summed E-state index contributed by atoms with van der Waals surface area (Å²) in [6.07, 6.45) is 3.35. The number of amides is 1. The molecule has 0 bridgehead atoms. The number of halogens is 2. The smallest absolute Gasteiger partial charge is 0.231 e. The van der Waals surface area contributed by atoms with Crippen LogP contribution in [0.15, 0.2) is 22.7 Å². The number of primary amides is 1. The molecule has 1 fully saturated rings. The van der Waals surface area contributed by atoms with Crippen LogP contribution in [-0.4, -0.2) is 12.5 Å². The number of nitrogens with one attached hydrogen (secondary N) is 1. The largest absolute Gasteiger partial charge is 0.369 e. The molecule has 0 unspecified atom stereocenters. The van der Waals surface area contributed by atoms with E-state index < -0.39 is 5.91 Å². The average Bonchev–Trinajstić information content (AvgIpc) is 3.06. The minimum Gasteiger partial charge on any atom is -0.369 e. The Kier molecular flexibility index (Phi) is 4.35. The molecule has 1 atom stereocenters. The molecule has 5 heteroatoms. The number of hydrogen-bond acceptors (Lipinski definition) is 2. The summed E-state index contributed by atoms with van der Waals surface area (Å²) < 4.78 is 14.1.